The lowest BCUT2D eigenvalue weighted by Gasteiger charge is -2.10. The van der Waals surface area contributed by atoms with Crippen LogP contribution in [0.4, 0.5) is 24.5 Å². The van der Waals surface area contributed by atoms with E-state index >= 15 is 0 Å². The van der Waals surface area contributed by atoms with E-state index in [2.05, 4.69) is 0 Å². The fraction of sp³-hybridized carbons (Fsp3) is 0. The number of hydrogen-bond donors (Lipinski definition) is 2. The molecular weight excluding hydrogens is 328 g/mol. The lowest BCUT2D eigenvalue weighted by molar-refractivity contribution is 0.102. The molecule has 3 N–H and O–H groups in total. The molecule has 0 saturated heterocycles. The van der Waals surface area contributed by atoms with Crippen molar-refractivity contribution in [2.45, 2.75) is 0 Å². The minimum atomic E-state index is -1.26. The number of amides is 1. The topological polar surface area (TPSA) is 55.1 Å². The Morgan fingerprint density at radius 3 is 2.19 bits per heavy atom. The van der Waals surface area contributed by atoms with Crippen LogP contribution < -0.4 is 11.1 Å². The van der Waals surface area contributed by atoms with Gasteiger partial charge in [0.05, 0.1) is 15.6 Å². The first-order chi connectivity index (χ1) is 9.79. The Bertz CT molecular complexity index is 715. The van der Waals surface area contributed by atoms with Gasteiger partial charge in [0, 0.05) is 17.8 Å². The van der Waals surface area contributed by atoms with E-state index in [1.165, 1.54) is 12.1 Å². The summed E-state index contributed by atoms with van der Waals surface area (Å²) in [5.41, 5.74) is 4.71. The van der Waals surface area contributed by atoms with Crippen molar-refractivity contribution in [3.63, 3.8) is 0 Å². The number of hydrogen-bond acceptors (Lipinski definition) is 2. The van der Waals surface area contributed by atoms with Crippen molar-refractivity contribution < 1.29 is 18.0 Å². The first-order valence-electron chi connectivity index (χ1n) is 5.50. The Labute approximate surface area is 127 Å². The summed E-state index contributed by atoms with van der Waals surface area (Å²) in [7, 11) is 0. The van der Waals surface area contributed by atoms with Crippen molar-refractivity contribution in [1.29, 1.82) is 0 Å². The SMILES string of the molecule is Nc1cc(Cl)c(Cl)c(C(=O)Nc2c(F)cc(F)cc2F)c1. The maximum absolute atomic E-state index is 13.5. The monoisotopic (exact) mass is 334 g/mol. The molecule has 3 nitrogen and oxygen atoms in total. The van der Waals surface area contributed by atoms with Gasteiger partial charge < -0.3 is 11.1 Å². The highest BCUT2D eigenvalue weighted by atomic mass is 35.5. The van der Waals surface area contributed by atoms with Crippen molar-refractivity contribution in [3.05, 3.63) is 57.3 Å². The Balaban J connectivity index is 2.40. The minimum absolute atomic E-state index is 0.0156. The highest BCUT2D eigenvalue weighted by molar-refractivity contribution is 6.44. The predicted molar refractivity (Wildman–Crippen MR) is 75.1 cm³/mol. The average Bonchev–Trinajstić information content (AvgIpc) is 2.37. The number of halogens is 5. The Hall–Kier alpha value is -1.92. The fourth-order valence-corrected chi connectivity index (χ4v) is 2.04. The second-order valence-corrected chi connectivity index (χ2v) is 4.85. The zero-order valence-corrected chi connectivity index (χ0v) is 11.7. The molecule has 0 heterocycles. The molecule has 0 aliphatic heterocycles. The Kier molecular flexibility index (Phi) is 4.29. The number of anilines is 2. The maximum atomic E-state index is 13.5. The standard InChI is InChI=1S/C13H7Cl2F3N2O/c14-8-4-6(19)3-7(11(8)15)13(21)20-12-9(17)1-5(16)2-10(12)18/h1-4H,19H2,(H,20,21). The molecule has 0 unspecified atom stereocenters. The van der Waals surface area contributed by atoms with E-state index in [0.29, 0.717) is 12.1 Å². The Morgan fingerprint density at radius 2 is 1.62 bits per heavy atom. The molecule has 110 valence electrons. The van der Waals surface area contributed by atoms with Crippen LogP contribution in [-0.2, 0) is 0 Å². The molecule has 0 radical (unpaired) electrons. The van der Waals surface area contributed by atoms with Gasteiger partial charge in [-0.15, -0.1) is 0 Å². The van der Waals surface area contributed by atoms with E-state index in [1.807, 2.05) is 5.32 Å². The highest BCUT2D eigenvalue weighted by Gasteiger charge is 2.19. The molecule has 0 spiro atoms. The van der Waals surface area contributed by atoms with E-state index in [-0.39, 0.29) is 21.3 Å². The lowest BCUT2D eigenvalue weighted by atomic mass is 10.1. The predicted octanol–water partition coefficient (Wildman–Crippen LogP) is 4.25. The van der Waals surface area contributed by atoms with E-state index < -0.39 is 29.0 Å². The fourth-order valence-electron chi connectivity index (χ4n) is 1.62. The number of carbonyl (C=O) groups is 1. The van der Waals surface area contributed by atoms with E-state index in [4.69, 9.17) is 28.9 Å². The lowest BCUT2D eigenvalue weighted by Crippen LogP contribution is -2.15. The van der Waals surface area contributed by atoms with Crippen LogP contribution in [0.15, 0.2) is 24.3 Å². The second kappa shape index (κ2) is 5.83. The molecule has 0 fully saturated rings. The molecule has 0 atom stereocenters. The number of nitrogens with one attached hydrogen (secondary N) is 1. The van der Waals surface area contributed by atoms with Crippen LogP contribution in [-0.4, -0.2) is 5.91 Å². The van der Waals surface area contributed by atoms with Crippen LogP contribution in [0.1, 0.15) is 10.4 Å². The molecule has 1 amide bonds. The summed E-state index contributed by atoms with van der Waals surface area (Å²) in [6.07, 6.45) is 0. The zero-order chi connectivity index (χ0) is 15.7. The van der Waals surface area contributed by atoms with Crippen molar-refractivity contribution in [2.75, 3.05) is 11.1 Å². The summed E-state index contributed by atoms with van der Waals surface area (Å²) in [4.78, 5) is 12.0. The molecule has 0 aromatic heterocycles. The molecule has 2 aromatic rings. The summed E-state index contributed by atoms with van der Waals surface area (Å²) in [5, 5.41) is 1.86. The number of carbonyl (C=O) groups excluding carboxylic acids is 1. The molecule has 2 aromatic carbocycles. The van der Waals surface area contributed by atoms with Gasteiger partial charge in [-0.3, -0.25) is 4.79 Å². The van der Waals surface area contributed by atoms with Gasteiger partial charge in [-0.05, 0) is 12.1 Å². The third-order valence-corrected chi connectivity index (χ3v) is 3.34. The molecule has 0 bridgehead atoms. The molecule has 21 heavy (non-hydrogen) atoms. The van der Waals surface area contributed by atoms with Gasteiger partial charge >= 0.3 is 0 Å². The van der Waals surface area contributed by atoms with Crippen LogP contribution >= 0.6 is 23.2 Å². The van der Waals surface area contributed by atoms with Gasteiger partial charge in [-0.25, -0.2) is 13.2 Å². The number of benzene rings is 2. The normalized spacial score (nSPS) is 10.5. The summed E-state index contributed by atoms with van der Waals surface area (Å²) in [5.74, 6) is -4.55. The quantitative estimate of drug-likeness (QED) is 0.807. The van der Waals surface area contributed by atoms with E-state index in [1.54, 1.807) is 0 Å². The van der Waals surface area contributed by atoms with Gasteiger partial charge in [-0.2, -0.15) is 0 Å². The van der Waals surface area contributed by atoms with Crippen LogP contribution in [0, 0.1) is 17.5 Å². The third-order valence-electron chi connectivity index (χ3n) is 2.54. The average molecular weight is 335 g/mol. The van der Waals surface area contributed by atoms with Gasteiger partial charge in [0.15, 0.2) is 11.6 Å². The van der Waals surface area contributed by atoms with Crippen molar-refractivity contribution in [1.82, 2.24) is 0 Å². The largest absolute Gasteiger partial charge is 0.399 e. The maximum Gasteiger partial charge on any atom is 0.257 e. The molecule has 0 saturated carbocycles. The van der Waals surface area contributed by atoms with Crippen LogP contribution in [0.3, 0.4) is 0 Å². The molecular formula is C13H7Cl2F3N2O. The molecule has 8 heteroatoms. The van der Waals surface area contributed by atoms with Crippen LogP contribution in [0.2, 0.25) is 10.0 Å². The van der Waals surface area contributed by atoms with Crippen molar-refractivity contribution >= 4 is 40.5 Å². The smallest absolute Gasteiger partial charge is 0.257 e. The first kappa shape index (κ1) is 15.5. The van der Waals surface area contributed by atoms with E-state index in [0.717, 1.165) is 0 Å². The number of nitrogens with two attached hydrogens (primary N) is 1. The van der Waals surface area contributed by atoms with E-state index in [9.17, 15) is 18.0 Å². The second-order valence-electron chi connectivity index (χ2n) is 4.06. The van der Waals surface area contributed by atoms with Gasteiger partial charge in [0.1, 0.15) is 11.5 Å². The zero-order valence-electron chi connectivity index (χ0n) is 10.2. The number of rotatable bonds is 2. The van der Waals surface area contributed by atoms with Gasteiger partial charge in [-0.1, -0.05) is 23.2 Å². The summed E-state index contributed by atoms with van der Waals surface area (Å²) < 4.78 is 39.7. The molecule has 0 aliphatic carbocycles. The summed E-state index contributed by atoms with van der Waals surface area (Å²) in [6.45, 7) is 0. The molecule has 0 aliphatic rings. The van der Waals surface area contributed by atoms with Gasteiger partial charge in [0.25, 0.3) is 5.91 Å². The summed E-state index contributed by atoms with van der Waals surface area (Å²) in [6, 6.07) is 3.39. The number of nitrogen functional groups attached to an aromatic ring is 1. The van der Waals surface area contributed by atoms with Crippen molar-refractivity contribution in [2.24, 2.45) is 0 Å². The van der Waals surface area contributed by atoms with Gasteiger partial charge in [0.2, 0.25) is 0 Å². The van der Waals surface area contributed by atoms with Crippen LogP contribution in [0.5, 0.6) is 0 Å². The summed E-state index contributed by atoms with van der Waals surface area (Å²) >= 11 is 11.6. The third kappa shape index (κ3) is 3.22. The minimum Gasteiger partial charge on any atom is -0.399 e. The van der Waals surface area contributed by atoms with Crippen LogP contribution in [0.25, 0.3) is 0 Å². The molecule has 2 rings (SSSR count). The highest BCUT2D eigenvalue weighted by Crippen LogP contribution is 2.30. The first-order valence-corrected chi connectivity index (χ1v) is 6.25. The van der Waals surface area contributed by atoms with Crippen molar-refractivity contribution in [3.8, 4) is 0 Å². The Morgan fingerprint density at radius 1 is 1.05 bits per heavy atom.